The van der Waals surface area contributed by atoms with E-state index in [0.29, 0.717) is 12.2 Å². The summed E-state index contributed by atoms with van der Waals surface area (Å²) in [5.41, 5.74) is 2.21. The Morgan fingerprint density at radius 1 is 1.09 bits per heavy atom. The Balaban J connectivity index is 3.27. The SMILES string of the molecule is CCCC(C)NC(=O)C(c1ccc(C)c(C)c1)N(C)C(=O)C(CCSC)NC(=O)OC(C)(C)C. The number of rotatable bonds is 11. The lowest BCUT2D eigenvalue weighted by molar-refractivity contribution is -0.141. The van der Waals surface area contributed by atoms with E-state index in [-0.39, 0.29) is 17.9 Å². The van der Waals surface area contributed by atoms with Crippen molar-refractivity contribution in [2.24, 2.45) is 0 Å². The van der Waals surface area contributed by atoms with E-state index in [1.165, 1.54) is 4.90 Å². The van der Waals surface area contributed by atoms with Crippen LogP contribution in [-0.4, -0.2) is 59.5 Å². The first-order chi connectivity index (χ1) is 15.8. The van der Waals surface area contributed by atoms with Crippen molar-refractivity contribution in [3.05, 3.63) is 34.9 Å². The standard InChI is InChI=1S/C26H43N3O4S/c1-10-11-19(4)27-23(30)22(20-13-12-17(2)18(3)16-20)29(8)24(31)21(14-15-34-9)28-25(32)33-26(5,6)7/h12-13,16,19,21-22H,10-11,14-15H2,1-9H3,(H,27,30)(H,28,32). The maximum atomic E-state index is 13.6. The van der Waals surface area contributed by atoms with E-state index in [9.17, 15) is 14.4 Å². The number of nitrogens with one attached hydrogen (secondary N) is 2. The highest BCUT2D eigenvalue weighted by atomic mass is 32.2. The molecule has 3 amide bonds. The number of thioether (sulfide) groups is 1. The van der Waals surface area contributed by atoms with Crippen molar-refractivity contribution in [2.45, 2.75) is 91.5 Å². The lowest BCUT2D eigenvalue weighted by Gasteiger charge is -2.32. The van der Waals surface area contributed by atoms with Gasteiger partial charge in [-0.1, -0.05) is 31.5 Å². The second kappa shape index (κ2) is 13.6. The molecule has 0 saturated carbocycles. The number of benzene rings is 1. The van der Waals surface area contributed by atoms with Gasteiger partial charge in [-0.15, -0.1) is 0 Å². The third-order valence-corrected chi connectivity index (χ3v) is 6.18. The van der Waals surface area contributed by atoms with Crippen molar-refractivity contribution in [3.8, 4) is 0 Å². The van der Waals surface area contributed by atoms with Gasteiger partial charge < -0.3 is 20.3 Å². The Kier molecular flexibility index (Phi) is 11.9. The monoisotopic (exact) mass is 493 g/mol. The molecule has 0 aliphatic heterocycles. The molecule has 0 aliphatic rings. The molecule has 8 heteroatoms. The quantitative estimate of drug-likeness (QED) is 0.464. The smallest absolute Gasteiger partial charge is 0.408 e. The van der Waals surface area contributed by atoms with E-state index in [0.717, 1.165) is 29.5 Å². The van der Waals surface area contributed by atoms with Crippen LogP contribution in [0.5, 0.6) is 0 Å². The third kappa shape index (κ3) is 9.57. The van der Waals surface area contributed by atoms with Gasteiger partial charge >= 0.3 is 6.09 Å². The van der Waals surface area contributed by atoms with E-state index < -0.39 is 23.8 Å². The van der Waals surface area contributed by atoms with E-state index in [2.05, 4.69) is 17.6 Å². The number of amides is 3. The van der Waals surface area contributed by atoms with Gasteiger partial charge in [-0.25, -0.2) is 4.79 Å². The average Bonchev–Trinajstić information content (AvgIpc) is 2.72. The van der Waals surface area contributed by atoms with E-state index >= 15 is 0 Å². The van der Waals surface area contributed by atoms with Gasteiger partial charge in [0, 0.05) is 13.1 Å². The fourth-order valence-corrected chi connectivity index (χ4v) is 4.10. The van der Waals surface area contributed by atoms with Crippen LogP contribution in [-0.2, 0) is 14.3 Å². The van der Waals surface area contributed by atoms with Crippen LogP contribution in [0.4, 0.5) is 4.79 Å². The van der Waals surface area contributed by atoms with E-state index in [1.54, 1.807) is 39.6 Å². The van der Waals surface area contributed by atoms with Crippen molar-refractivity contribution >= 4 is 29.7 Å². The fourth-order valence-electron chi connectivity index (χ4n) is 3.63. The third-order valence-electron chi connectivity index (χ3n) is 5.54. The molecular formula is C26H43N3O4S. The Bertz CT molecular complexity index is 838. The number of hydrogen-bond donors (Lipinski definition) is 2. The van der Waals surface area contributed by atoms with Gasteiger partial charge in [-0.2, -0.15) is 11.8 Å². The minimum absolute atomic E-state index is 0.0118. The molecule has 0 saturated heterocycles. The van der Waals surface area contributed by atoms with Gasteiger partial charge in [0.1, 0.15) is 17.7 Å². The van der Waals surface area contributed by atoms with E-state index in [1.807, 2.05) is 45.2 Å². The number of hydrogen-bond acceptors (Lipinski definition) is 5. The maximum Gasteiger partial charge on any atom is 0.408 e. The van der Waals surface area contributed by atoms with Gasteiger partial charge in [0.05, 0.1) is 0 Å². The summed E-state index contributed by atoms with van der Waals surface area (Å²) >= 11 is 1.59. The van der Waals surface area contributed by atoms with Crippen LogP contribution in [0.2, 0.25) is 0 Å². The summed E-state index contributed by atoms with van der Waals surface area (Å²) in [6.45, 7) is 13.3. The molecule has 2 N–H and O–H groups in total. The molecule has 0 spiro atoms. The molecule has 1 rings (SSSR count). The largest absolute Gasteiger partial charge is 0.444 e. The Morgan fingerprint density at radius 2 is 1.74 bits per heavy atom. The van der Waals surface area contributed by atoms with Crippen molar-refractivity contribution in [1.82, 2.24) is 15.5 Å². The molecule has 34 heavy (non-hydrogen) atoms. The zero-order valence-corrected chi connectivity index (χ0v) is 23.1. The summed E-state index contributed by atoms with van der Waals surface area (Å²) in [6, 6.07) is 4.17. The van der Waals surface area contributed by atoms with Gasteiger partial charge in [-0.3, -0.25) is 9.59 Å². The Morgan fingerprint density at radius 3 is 2.26 bits per heavy atom. The molecule has 192 valence electrons. The number of likely N-dealkylation sites (N-methyl/N-ethyl adjacent to an activating group) is 1. The lowest BCUT2D eigenvalue weighted by Crippen LogP contribution is -2.52. The zero-order chi connectivity index (χ0) is 26.1. The highest BCUT2D eigenvalue weighted by Gasteiger charge is 2.34. The molecule has 0 radical (unpaired) electrons. The van der Waals surface area contributed by atoms with Crippen LogP contribution in [0, 0.1) is 13.8 Å². The Hall–Kier alpha value is -2.22. The normalized spacial score (nSPS) is 14.0. The minimum Gasteiger partial charge on any atom is -0.444 e. The fraction of sp³-hybridized carbons (Fsp3) is 0.654. The van der Waals surface area contributed by atoms with Crippen LogP contribution in [0.25, 0.3) is 0 Å². The van der Waals surface area contributed by atoms with Crippen molar-refractivity contribution in [3.63, 3.8) is 0 Å². The van der Waals surface area contributed by atoms with Gasteiger partial charge in [0.25, 0.3) is 0 Å². The summed E-state index contributed by atoms with van der Waals surface area (Å²) < 4.78 is 5.37. The molecule has 0 heterocycles. The first-order valence-electron chi connectivity index (χ1n) is 11.9. The second-order valence-electron chi connectivity index (χ2n) is 9.87. The molecule has 0 fully saturated rings. The topological polar surface area (TPSA) is 87.7 Å². The molecule has 3 unspecified atom stereocenters. The molecule has 0 bridgehead atoms. The van der Waals surface area contributed by atoms with Crippen LogP contribution < -0.4 is 10.6 Å². The molecule has 7 nitrogen and oxygen atoms in total. The number of alkyl carbamates (subject to hydrolysis) is 1. The molecule has 1 aromatic carbocycles. The zero-order valence-electron chi connectivity index (χ0n) is 22.3. The molecule has 0 aromatic heterocycles. The lowest BCUT2D eigenvalue weighted by atomic mass is 9.98. The van der Waals surface area contributed by atoms with E-state index in [4.69, 9.17) is 4.74 Å². The van der Waals surface area contributed by atoms with Crippen molar-refractivity contribution < 1.29 is 19.1 Å². The van der Waals surface area contributed by atoms with Gasteiger partial charge in [0.2, 0.25) is 11.8 Å². The number of ether oxygens (including phenoxy) is 1. The highest BCUT2D eigenvalue weighted by molar-refractivity contribution is 7.98. The van der Waals surface area contributed by atoms with Crippen LogP contribution in [0.15, 0.2) is 18.2 Å². The number of carbonyl (C=O) groups excluding carboxylic acids is 3. The predicted octanol–water partition coefficient (Wildman–Crippen LogP) is 4.75. The molecule has 0 aliphatic carbocycles. The summed E-state index contributed by atoms with van der Waals surface area (Å²) in [4.78, 5) is 40.9. The summed E-state index contributed by atoms with van der Waals surface area (Å²) in [6.07, 6.45) is 3.51. The predicted molar refractivity (Wildman–Crippen MR) is 140 cm³/mol. The summed E-state index contributed by atoms with van der Waals surface area (Å²) in [5.74, 6) is 0.107. The van der Waals surface area contributed by atoms with Crippen LogP contribution in [0.3, 0.4) is 0 Å². The molecular weight excluding hydrogens is 450 g/mol. The first kappa shape index (κ1) is 29.8. The molecule has 3 atom stereocenters. The first-order valence-corrected chi connectivity index (χ1v) is 13.3. The van der Waals surface area contributed by atoms with Gasteiger partial charge in [-0.05, 0) is 83.1 Å². The van der Waals surface area contributed by atoms with Crippen molar-refractivity contribution in [1.29, 1.82) is 0 Å². The van der Waals surface area contributed by atoms with Gasteiger partial charge in [0.15, 0.2) is 0 Å². The average molecular weight is 494 g/mol. The minimum atomic E-state index is -0.816. The van der Waals surface area contributed by atoms with Crippen LogP contribution in [0.1, 0.15) is 76.6 Å². The summed E-state index contributed by atoms with van der Waals surface area (Å²) in [7, 11) is 1.62. The van der Waals surface area contributed by atoms with Crippen LogP contribution >= 0.6 is 11.8 Å². The Labute approximate surface area is 209 Å². The van der Waals surface area contributed by atoms with Crippen molar-refractivity contribution in [2.75, 3.05) is 19.1 Å². The molecule has 1 aromatic rings. The maximum absolute atomic E-state index is 13.6. The number of nitrogens with zero attached hydrogens (tertiary/aromatic N) is 1. The highest BCUT2D eigenvalue weighted by Crippen LogP contribution is 2.24. The summed E-state index contributed by atoms with van der Waals surface area (Å²) in [5, 5.41) is 5.77. The number of aryl methyl sites for hydroxylation is 2. The number of carbonyl (C=O) groups is 3. The second-order valence-corrected chi connectivity index (χ2v) is 10.9.